The van der Waals surface area contributed by atoms with E-state index in [0.29, 0.717) is 0 Å². The van der Waals surface area contributed by atoms with E-state index >= 15 is 0 Å². The molecular formula is C13H14N2. The van der Waals surface area contributed by atoms with E-state index in [2.05, 4.69) is 60.5 Å². The number of pyridine rings is 1. The van der Waals surface area contributed by atoms with E-state index < -0.39 is 0 Å². The molecule has 0 spiro atoms. The molecule has 3 aromatic rings. The number of aryl methyl sites for hydroxylation is 2. The van der Waals surface area contributed by atoms with Gasteiger partial charge in [0.1, 0.15) is 0 Å². The third-order valence-electron chi connectivity index (χ3n) is 3.44. The van der Waals surface area contributed by atoms with E-state index in [1.54, 1.807) is 0 Å². The topological polar surface area (TPSA) is 9.34 Å². The maximum absolute atomic E-state index is 2.28. The molecule has 0 saturated heterocycles. The zero-order chi connectivity index (χ0) is 10.6. The van der Waals surface area contributed by atoms with Gasteiger partial charge in [-0.3, -0.25) is 0 Å². The molecule has 0 amide bonds. The van der Waals surface area contributed by atoms with Crippen LogP contribution in [0.4, 0.5) is 0 Å². The zero-order valence-electron chi connectivity index (χ0n) is 9.28. The van der Waals surface area contributed by atoms with Crippen LogP contribution in [0.25, 0.3) is 16.4 Å². The Morgan fingerprint density at radius 1 is 1.13 bits per heavy atom. The summed E-state index contributed by atoms with van der Waals surface area (Å²) in [5, 5.41) is 1.36. The SMILES string of the molecule is Cc1c(C)n(C)c2c1cn1ccccc21. The van der Waals surface area contributed by atoms with E-state index in [4.69, 9.17) is 0 Å². The van der Waals surface area contributed by atoms with Crippen LogP contribution in [-0.4, -0.2) is 8.97 Å². The normalized spacial score (nSPS) is 11.7. The highest BCUT2D eigenvalue weighted by atomic mass is 15.0. The molecule has 0 atom stereocenters. The first-order valence-corrected chi connectivity index (χ1v) is 5.21. The fourth-order valence-electron chi connectivity index (χ4n) is 2.35. The number of hydrogen-bond acceptors (Lipinski definition) is 0. The van der Waals surface area contributed by atoms with Gasteiger partial charge in [0.15, 0.2) is 0 Å². The molecule has 0 fully saturated rings. The molecule has 0 unspecified atom stereocenters. The predicted molar refractivity (Wildman–Crippen MR) is 63.3 cm³/mol. The molecule has 0 bridgehead atoms. The fourth-order valence-corrected chi connectivity index (χ4v) is 2.35. The molecule has 0 N–H and O–H groups in total. The first-order valence-electron chi connectivity index (χ1n) is 5.21. The number of fused-ring (bicyclic) bond motifs is 3. The summed E-state index contributed by atoms with van der Waals surface area (Å²) in [4.78, 5) is 0. The Labute approximate surface area is 88.7 Å². The van der Waals surface area contributed by atoms with Crippen molar-refractivity contribution in [3.05, 3.63) is 41.9 Å². The van der Waals surface area contributed by atoms with Crippen molar-refractivity contribution in [2.75, 3.05) is 0 Å². The lowest BCUT2D eigenvalue weighted by Gasteiger charge is -2.00. The Balaban J connectivity index is 2.65. The summed E-state index contributed by atoms with van der Waals surface area (Å²) in [6.45, 7) is 4.37. The quantitative estimate of drug-likeness (QED) is 0.525. The minimum Gasteiger partial charge on any atom is -0.346 e. The van der Waals surface area contributed by atoms with Crippen molar-refractivity contribution in [3.63, 3.8) is 0 Å². The minimum absolute atomic E-state index is 1.28. The lowest BCUT2D eigenvalue weighted by molar-refractivity contribution is 0.911. The van der Waals surface area contributed by atoms with Crippen LogP contribution in [0.15, 0.2) is 30.6 Å². The molecule has 2 nitrogen and oxygen atoms in total. The van der Waals surface area contributed by atoms with Crippen molar-refractivity contribution in [1.29, 1.82) is 0 Å². The summed E-state index contributed by atoms with van der Waals surface area (Å²) >= 11 is 0. The van der Waals surface area contributed by atoms with Crippen molar-refractivity contribution in [3.8, 4) is 0 Å². The van der Waals surface area contributed by atoms with Gasteiger partial charge in [-0.25, -0.2) is 0 Å². The molecule has 15 heavy (non-hydrogen) atoms. The molecule has 0 radical (unpaired) electrons. The molecule has 0 saturated carbocycles. The Morgan fingerprint density at radius 2 is 1.93 bits per heavy atom. The molecule has 0 aliphatic carbocycles. The highest BCUT2D eigenvalue weighted by Crippen LogP contribution is 2.28. The Bertz CT molecular complexity index is 656. The highest BCUT2D eigenvalue weighted by molar-refractivity contribution is 5.98. The van der Waals surface area contributed by atoms with Crippen LogP contribution < -0.4 is 0 Å². The third kappa shape index (κ3) is 0.938. The van der Waals surface area contributed by atoms with Crippen molar-refractivity contribution in [2.45, 2.75) is 13.8 Å². The molecule has 3 aromatic heterocycles. The summed E-state index contributed by atoms with van der Waals surface area (Å²) in [5.41, 5.74) is 5.36. The second-order valence-electron chi connectivity index (χ2n) is 4.15. The number of rotatable bonds is 0. The molecule has 0 aliphatic heterocycles. The van der Waals surface area contributed by atoms with Crippen LogP contribution in [-0.2, 0) is 7.05 Å². The Kier molecular flexibility index (Phi) is 1.52. The van der Waals surface area contributed by atoms with Gasteiger partial charge in [-0.15, -0.1) is 0 Å². The molecule has 3 heterocycles. The number of nitrogens with zero attached hydrogens (tertiary/aromatic N) is 2. The van der Waals surface area contributed by atoms with Crippen LogP contribution in [0.3, 0.4) is 0 Å². The van der Waals surface area contributed by atoms with Crippen LogP contribution in [0.2, 0.25) is 0 Å². The fraction of sp³-hybridized carbons (Fsp3) is 0.231. The monoisotopic (exact) mass is 198 g/mol. The Hall–Kier alpha value is -1.70. The minimum atomic E-state index is 1.28. The van der Waals surface area contributed by atoms with E-state index in [1.807, 2.05) is 0 Å². The standard InChI is InChI=1S/C13H14N2/c1-9-10(2)14(3)13-11(9)8-15-7-5-4-6-12(13)15/h4-8H,1-3H3. The zero-order valence-corrected chi connectivity index (χ0v) is 9.28. The highest BCUT2D eigenvalue weighted by Gasteiger charge is 2.12. The van der Waals surface area contributed by atoms with Gasteiger partial charge in [-0.1, -0.05) is 6.07 Å². The summed E-state index contributed by atoms with van der Waals surface area (Å²) in [6, 6.07) is 6.32. The van der Waals surface area contributed by atoms with Gasteiger partial charge in [-0.2, -0.15) is 0 Å². The van der Waals surface area contributed by atoms with Crippen molar-refractivity contribution in [2.24, 2.45) is 7.05 Å². The van der Waals surface area contributed by atoms with Gasteiger partial charge < -0.3 is 8.97 Å². The molecule has 76 valence electrons. The first-order chi connectivity index (χ1) is 7.20. The first kappa shape index (κ1) is 8.60. The average molecular weight is 198 g/mol. The second-order valence-corrected chi connectivity index (χ2v) is 4.15. The molecule has 3 rings (SSSR count). The maximum atomic E-state index is 2.28. The second kappa shape index (κ2) is 2.66. The lowest BCUT2D eigenvalue weighted by atomic mass is 10.2. The Morgan fingerprint density at radius 3 is 2.73 bits per heavy atom. The van der Waals surface area contributed by atoms with E-state index in [9.17, 15) is 0 Å². The van der Waals surface area contributed by atoms with Gasteiger partial charge in [-0.05, 0) is 31.5 Å². The maximum Gasteiger partial charge on any atom is 0.0742 e. The van der Waals surface area contributed by atoms with Gasteiger partial charge in [0.2, 0.25) is 0 Å². The van der Waals surface area contributed by atoms with E-state index in [1.165, 1.54) is 27.7 Å². The van der Waals surface area contributed by atoms with E-state index in [0.717, 1.165) is 0 Å². The lowest BCUT2D eigenvalue weighted by Crippen LogP contribution is -1.92. The number of aromatic nitrogens is 2. The third-order valence-corrected chi connectivity index (χ3v) is 3.44. The van der Waals surface area contributed by atoms with Crippen molar-refractivity contribution >= 4 is 16.4 Å². The average Bonchev–Trinajstić information content (AvgIpc) is 2.72. The van der Waals surface area contributed by atoms with Gasteiger partial charge >= 0.3 is 0 Å². The largest absolute Gasteiger partial charge is 0.346 e. The van der Waals surface area contributed by atoms with Crippen molar-refractivity contribution in [1.82, 2.24) is 8.97 Å². The summed E-state index contributed by atoms with van der Waals surface area (Å²) in [5.74, 6) is 0. The van der Waals surface area contributed by atoms with Gasteiger partial charge in [0, 0.05) is 30.5 Å². The summed E-state index contributed by atoms with van der Waals surface area (Å²) in [7, 11) is 2.14. The van der Waals surface area contributed by atoms with Gasteiger partial charge in [0.05, 0.1) is 11.0 Å². The predicted octanol–water partition coefficient (Wildman–Crippen LogP) is 3.05. The summed E-state index contributed by atoms with van der Waals surface area (Å²) < 4.78 is 4.47. The smallest absolute Gasteiger partial charge is 0.0742 e. The van der Waals surface area contributed by atoms with Crippen LogP contribution in [0, 0.1) is 13.8 Å². The molecular weight excluding hydrogens is 184 g/mol. The van der Waals surface area contributed by atoms with Crippen LogP contribution in [0.1, 0.15) is 11.3 Å². The molecule has 0 aromatic carbocycles. The van der Waals surface area contributed by atoms with Crippen LogP contribution in [0.5, 0.6) is 0 Å². The summed E-state index contributed by atoms with van der Waals surface area (Å²) in [6.07, 6.45) is 4.32. The number of hydrogen-bond donors (Lipinski definition) is 0. The van der Waals surface area contributed by atoms with Gasteiger partial charge in [0.25, 0.3) is 0 Å². The molecule has 2 heteroatoms. The molecule has 0 aliphatic rings. The van der Waals surface area contributed by atoms with Crippen LogP contribution >= 0.6 is 0 Å². The van der Waals surface area contributed by atoms with Crippen molar-refractivity contribution < 1.29 is 0 Å². The van der Waals surface area contributed by atoms with E-state index in [-0.39, 0.29) is 0 Å².